The first-order valence-corrected chi connectivity index (χ1v) is 6.89. The van der Waals surface area contributed by atoms with E-state index in [0.717, 1.165) is 37.2 Å². The van der Waals surface area contributed by atoms with E-state index in [1.165, 1.54) is 13.5 Å². The van der Waals surface area contributed by atoms with Crippen LogP contribution in [0.1, 0.15) is 42.1 Å². The number of piperidine rings is 1. The smallest absolute Gasteiger partial charge is 0.341 e. The highest BCUT2D eigenvalue weighted by Gasteiger charge is 2.23. The Hall–Kier alpha value is -1.29. The van der Waals surface area contributed by atoms with Crippen LogP contribution in [0.15, 0.2) is 10.5 Å². The van der Waals surface area contributed by atoms with Gasteiger partial charge in [-0.2, -0.15) is 0 Å². The first kappa shape index (κ1) is 14.1. The van der Waals surface area contributed by atoms with E-state index in [2.05, 4.69) is 18.7 Å². The lowest BCUT2D eigenvalue weighted by atomic mass is 9.92. The summed E-state index contributed by atoms with van der Waals surface area (Å²) in [6.07, 6.45) is 1.29. The molecule has 0 saturated carbocycles. The van der Waals surface area contributed by atoms with E-state index in [-0.39, 0.29) is 5.97 Å². The number of hydrogen-bond acceptors (Lipinski definition) is 4. The van der Waals surface area contributed by atoms with Crippen molar-refractivity contribution in [3.05, 3.63) is 23.2 Å². The maximum absolute atomic E-state index is 11.5. The Morgan fingerprint density at radius 1 is 1.42 bits per heavy atom. The summed E-state index contributed by atoms with van der Waals surface area (Å²) in [5.41, 5.74) is 0.538. The molecule has 0 aromatic carbocycles. The van der Waals surface area contributed by atoms with Gasteiger partial charge >= 0.3 is 5.97 Å². The van der Waals surface area contributed by atoms with Gasteiger partial charge in [-0.1, -0.05) is 13.8 Å². The third-order valence-corrected chi connectivity index (χ3v) is 3.70. The summed E-state index contributed by atoms with van der Waals surface area (Å²) in [4.78, 5) is 13.9. The Kier molecular flexibility index (Phi) is 4.30. The highest BCUT2D eigenvalue weighted by atomic mass is 16.5. The number of rotatable bonds is 3. The van der Waals surface area contributed by atoms with Crippen molar-refractivity contribution in [1.29, 1.82) is 0 Å². The number of ether oxygens (including phenoxy) is 1. The quantitative estimate of drug-likeness (QED) is 0.788. The maximum atomic E-state index is 11.5. The molecule has 1 aliphatic rings. The van der Waals surface area contributed by atoms with E-state index in [4.69, 9.17) is 9.15 Å². The third kappa shape index (κ3) is 3.38. The van der Waals surface area contributed by atoms with Crippen LogP contribution >= 0.6 is 0 Å². The molecule has 19 heavy (non-hydrogen) atoms. The molecule has 1 fully saturated rings. The number of esters is 1. The average molecular weight is 265 g/mol. The van der Waals surface area contributed by atoms with Crippen molar-refractivity contribution in [3.63, 3.8) is 0 Å². The normalized spacial score (nSPS) is 24.4. The number of likely N-dealkylation sites (tertiary alicyclic amines) is 1. The van der Waals surface area contributed by atoms with Gasteiger partial charge in [-0.3, -0.25) is 4.90 Å². The van der Waals surface area contributed by atoms with Crippen LogP contribution in [0.3, 0.4) is 0 Å². The number of furan rings is 1. The van der Waals surface area contributed by atoms with Crippen molar-refractivity contribution in [3.8, 4) is 0 Å². The zero-order valence-electron chi connectivity index (χ0n) is 12.2. The Bertz CT molecular complexity index is 442. The van der Waals surface area contributed by atoms with E-state index in [1.54, 1.807) is 6.92 Å². The second kappa shape index (κ2) is 5.78. The maximum Gasteiger partial charge on any atom is 0.341 e. The van der Waals surface area contributed by atoms with Crippen molar-refractivity contribution in [2.24, 2.45) is 11.8 Å². The lowest BCUT2D eigenvalue weighted by Crippen LogP contribution is -2.37. The molecular weight excluding hydrogens is 242 g/mol. The molecule has 0 bridgehead atoms. The van der Waals surface area contributed by atoms with Crippen molar-refractivity contribution in [2.45, 2.75) is 33.7 Å². The molecule has 1 aromatic rings. The zero-order chi connectivity index (χ0) is 14.0. The minimum atomic E-state index is -0.326. The molecule has 0 N–H and O–H groups in total. The third-order valence-electron chi connectivity index (χ3n) is 3.70. The first-order valence-electron chi connectivity index (χ1n) is 6.89. The molecule has 1 aromatic heterocycles. The fourth-order valence-electron chi connectivity index (χ4n) is 3.08. The lowest BCUT2D eigenvalue weighted by Gasteiger charge is -2.34. The molecule has 2 heterocycles. The van der Waals surface area contributed by atoms with Gasteiger partial charge in [0.05, 0.1) is 13.7 Å². The van der Waals surface area contributed by atoms with Crippen molar-refractivity contribution in [2.75, 3.05) is 20.2 Å². The lowest BCUT2D eigenvalue weighted by molar-refractivity contribution is 0.0599. The zero-order valence-corrected chi connectivity index (χ0v) is 12.2. The van der Waals surface area contributed by atoms with E-state index < -0.39 is 0 Å². The average Bonchev–Trinajstić information content (AvgIpc) is 2.68. The minimum absolute atomic E-state index is 0.326. The Balaban J connectivity index is 2.05. The van der Waals surface area contributed by atoms with E-state index in [0.29, 0.717) is 11.3 Å². The summed E-state index contributed by atoms with van der Waals surface area (Å²) in [6, 6.07) is 1.81. The van der Waals surface area contributed by atoms with Crippen LogP contribution in [-0.4, -0.2) is 31.1 Å². The Labute approximate surface area is 114 Å². The summed E-state index contributed by atoms with van der Waals surface area (Å²) in [7, 11) is 1.39. The highest BCUT2D eigenvalue weighted by Crippen LogP contribution is 2.24. The fourth-order valence-corrected chi connectivity index (χ4v) is 3.08. The van der Waals surface area contributed by atoms with Gasteiger partial charge in [0.2, 0.25) is 0 Å². The van der Waals surface area contributed by atoms with Crippen LogP contribution in [0.25, 0.3) is 0 Å². The monoisotopic (exact) mass is 265 g/mol. The number of aryl methyl sites for hydroxylation is 1. The van der Waals surface area contributed by atoms with Crippen LogP contribution in [0.4, 0.5) is 0 Å². The molecule has 4 heteroatoms. The van der Waals surface area contributed by atoms with E-state index in [9.17, 15) is 4.79 Å². The molecular formula is C15H23NO3. The van der Waals surface area contributed by atoms with Crippen LogP contribution in [0, 0.1) is 18.8 Å². The largest absolute Gasteiger partial charge is 0.465 e. The van der Waals surface area contributed by atoms with Gasteiger partial charge in [0.15, 0.2) is 0 Å². The number of carbonyl (C=O) groups excluding carboxylic acids is 1. The molecule has 106 valence electrons. The minimum Gasteiger partial charge on any atom is -0.465 e. The summed E-state index contributed by atoms with van der Waals surface area (Å²) in [5.74, 6) is 2.60. The molecule has 0 amide bonds. The van der Waals surface area contributed by atoms with E-state index >= 15 is 0 Å². The summed E-state index contributed by atoms with van der Waals surface area (Å²) in [5, 5.41) is 0. The van der Waals surface area contributed by atoms with Crippen LogP contribution < -0.4 is 0 Å². The predicted molar refractivity (Wildman–Crippen MR) is 73.0 cm³/mol. The molecule has 2 unspecified atom stereocenters. The van der Waals surface area contributed by atoms with E-state index in [1.807, 2.05) is 6.07 Å². The van der Waals surface area contributed by atoms with Crippen molar-refractivity contribution in [1.82, 2.24) is 4.90 Å². The molecule has 1 aliphatic heterocycles. The molecule has 4 nitrogen and oxygen atoms in total. The highest BCUT2D eigenvalue weighted by molar-refractivity contribution is 5.90. The first-order chi connectivity index (χ1) is 8.99. The molecule has 2 atom stereocenters. The molecule has 1 saturated heterocycles. The van der Waals surface area contributed by atoms with Gasteiger partial charge in [0.25, 0.3) is 0 Å². The van der Waals surface area contributed by atoms with Crippen LogP contribution in [-0.2, 0) is 11.3 Å². The number of nitrogens with zero attached hydrogens (tertiary/aromatic N) is 1. The van der Waals surface area contributed by atoms with Gasteiger partial charge in [-0.05, 0) is 31.2 Å². The molecule has 2 rings (SSSR count). The molecule has 0 aliphatic carbocycles. The summed E-state index contributed by atoms with van der Waals surface area (Å²) >= 11 is 0. The van der Waals surface area contributed by atoms with Crippen molar-refractivity contribution >= 4 is 5.97 Å². The van der Waals surface area contributed by atoms with Crippen LogP contribution in [0.5, 0.6) is 0 Å². The predicted octanol–water partition coefficient (Wildman–Crippen LogP) is 2.85. The van der Waals surface area contributed by atoms with Gasteiger partial charge < -0.3 is 9.15 Å². The second-order valence-electron chi connectivity index (χ2n) is 5.81. The van der Waals surface area contributed by atoms with Crippen LogP contribution in [0.2, 0.25) is 0 Å². The van der Waals surface area contributed by atoms with Gasteiger partial charge in [-0.25, -0.2) is 4.79 Å². The molecule has 0 radical (unpaired) electrons. The number of methoxy groups -OCH3 is 1. The molecule has 0 spiro atoms. The Morgan fingerprint density at radius 2 is 2.05 bits per heavy atom. The number of hydrogen-bond donors (Lipinski definition) is 0. The second-order valence-corrected chi connectivity index (χ2v) is 5.81. The van der Waals surface area contributed by atoms with Gasteiger partial charge in [0.1, 0.15) is 17.1 Å². The fraction of sp³-hybridized carbons (Fsp3) is 0.667. The number of carbonyl (C=O) groups is 1. The van der Waals surface area contributed by atoms with Gasteiger partial charge in [0, 0.05) is 13.1 Å². The summed E-state index contributed by atoms with van der Waals surface area (Å²) in [6.45, 7) is 9.34. The van der Waals surface area contributed by atoms with Gasteiger partial charge in [-0.15, -0.1) is 0 Å². The SMILES string of the molecule is COC(=O)c1cc(CN2CC(C)CC(C)C2)oc1C. The Morgan fingerprint density at radius 3 is 2.63 bits per heavy atom. The van der Waals surface area contributed by atoms with Crippen molar-refractivity contribution < 1.29 is 13.9 Å². The standard InChI is InChI=1S/C15H23NO3/c1-10-5-11(2)8-16(7-10)9-13-6-14(12(3)19-13)15(17)18-4/h6,10-11H,5,7-9H2,1-4H3. The topological polar surface area (TPSA) is 42.7 Å². The summed E-state index contributed by atoms with van der Waals surface area (Å²) < 4.78 is 10.4.